The molecule has 0 fully saturated rings. The predicted molar refractivity (Wildman–Crippen MR) is 38.6 cm³/mol. The van der Waals surface area contributed by atoms with Crippen LogP contribution in [-0.2, 0) is 4.79 Å². The first-order chi connectivity index (χ1) is 4.72. The van der Waals surface area contributed by atoms with Gasteiger partial charge in [-0.2, -0.15) is 0 Å². The molecule has 0 amide bonds. The molecule has 0 saturated heterocycles. The van der Waals surface area contributed by atoms with Gasteiger partial charge in [0, 0.05) is 0 Å². The number of rotatable bonds is 1. The summed E-state index contributed by atoms with van der Waals surface area (Å²) in [6, 6.07) is 0. The van der Waals surface area contributed by atoms with Crippen LogP contribution in [0.2, 0.25) is 0 Å². The lowest BCUT2D eigenvalue weighted by atomic mass is 9.95. The molecule has 0 radical (unpaired) electrons. The van der Waals surface area contributed by atoms with Gasteiger partial charge < -0.3 is 5.11 Å². The topological polar surface area (TPSA) is 37.3 Å². The van der Waals surface area contributed by atoms with Crippen molar-refractivity contribution in [1.29, 1.82) is 0 Å². The largest absolute Gasteiger partial charge is 0.481 e. The third-order valence-corrected chi connectivity index (χ3v) is 1.66. The summed E-state index contributed by atoms with van der Waals surface area (Å²) in [5.41, 5.74) is 0.940. The van der Waals surface area contributed by atoms with Crippen LogP contribution in [0.5, 0.6) is 0 Å². The van der Waals surface area contributed by atoms with Crippen molar-refractivity contribution in [1.82, 2.24) is 0 Å². The zero-order valence-corrected chi connectivity index (χ0v) is 5.87. The molecule has 1 atom stereocenters. The first-order valence-corrected chi connectivity index (χ1v) is 3.28. The highest BCUT2D eigenvalue weighted by Crippen LogP contribution is 2.17. The average molecular weight is 138 g/mol. The Balaban J connectivity index is 2.75. The Morgan fingerprint density at radius 2 is 2.50 bits per heavy atom. The van der Waals surface area contributed by atoms with E-state index in [-0.39, 0.29) is 5.92 Å². The second kappa shape index (κ2) is 2.69. The molecule has 0 spiro atoms. The standard InChI is InChI=1S/C8H10O2/c1-6-4-2-3-5-7(6)8(9)10/h3-5,7H,2H2,1H3,(H,9,10). The fourth-order valence-electron chi connectivity index (χ4n) is 1.02. The number of hydrogen-bond acceptors (Lipinski definition) is 1. The second-order valence-electron chi connectivity index (χ2n) is 2.43. The number of carboxylic acids is 1. The lowest BCUT2D eigenvalue weighted by Gasteiger charge is -2.10. The Morgan fingerprint density at radius 3 is 2.90 bits per heavy atom. The summed E-state index contributed by atoms with van der Waals surface area (Å²) in [4.78, 5) is 10.5. The van der Waals surface area contributed by atoms with Gasteiger partial charge in [-0.15, -0.1) is 0 Å². The van der Waals surface area contributed by atoms with Crippen molar-refractivity contribution in [2.75, 3.05) is 0 Å². The Hall–Kier alpha value is -1.05. The van der Waals surface area contributed by atoms with Crippen LogP contribution in [0.1, 0.15) is 13.3 Å². The highest BCUT2D eigenvalue weighted by molar-refractivity contribution is 5.76. The second-order valence-corrected chi connectivity index (χ2v) is 2.43. The zero-order chi connectivity index (χ0) is 7.56. The SMILES string of the molecule is CC1=CCC=CC1C(=O)O. The molecule has 0 heterocycles. The number of aliphatic carboxylic acids is 1. The van der Waals surface area contributed by atoms with E-state index < -0.39 is 5.97 Å². The summed E-state index contributed by atoms with van der Waals surface area (Å²) < 4.78 is 0. The minimum atomic E-state index is -0.760. The minimum absolute atomic E-state index is 0.381. The monoisotopic (exact) mass is 138 g/mol. The van der Waals surface area contributed by atoms with E-state index >= 15 is 0 Å². The number of hydrogen-bond donors (Lipinski definition) is 1. The smallest absolute Gasteiger partial charge is 0.314 e. The van der Waals surface area contributed by atoms with Crippen molar-refractivity contribution in [2.24, 2.45) is 5.92 Å². The van der Waals surface area contributed by atoms with Crippen LogP contribution in [0.25, 0.3) is 0 Å². The molecule has 2 nitrogen and oxygen atoms in total. The van der Waals surface area contributed by atoms with E-state index in [9.17, 15) is 4.79 Å². The summed E-state index contributed by atoms with van der Waals surface area (Å²) in [7, 11) is 0. The van der Waals surface area contributed by atoms with Gasteiger partial charge in [0.05, 0.1) is 5.92 Å². The van der Waals surface area contributed by atoms with E-state index in [2.05, 4.69) is 0 Å². The van der Waals surface area contributed by atoms with Crippen molar-refractivity contribution in [3.63, 3.8) is 0 Å². The Bertz CT molecular complexity index is 201. The van der Waals surface area contributed by atoms with Crippen LogP contribution in [0, 0.1) is 5.92 Å². The number of allylic oxidation sites excluding steroid dienone is 2. The van der Waals surface area contributed by atoms with Gasteiger partial charge in [-0.25, -0.2) is 0 Å². The lowest BCUT2D eigenvalue weighted by molar-refractivity contribution is -0.138. The van der Waals surface area contributed by atoms with Crippen molar-refractivity contribution >= 4 is 5.97 Å². The molecule has 2 heteroatoms. The van der Waals surface area contributed by atoms with Crippen molar-refractivity contribution in [3.05, 3.63) is 23.8 Å². The molecular formula is C8H10O2. The van der Waals surface area contributed by atoms with Gasteiger partial charge in [0.15, 0.2) is 0 Å². The van der Waals surface area contributed by atoms with Crippen molar-refractivity contribution < 1.29 is 9.90 Å². The first kappa shape index (κ1) is 7.06. The van der Waals surface area contributed by atoms with E-state index in [0.717, 1.165) is 12.0 Å². The van der Waals surface area contributed by atoms with E-state index in [4.69, 9.17) is 5.11 Å². The van der Waals surface area contributed by atoms with Gasteiger partial charge in [-0.05, 0) is 13.3 Å². The van der Waals surface area contributed by atoms with Gasteiger partial charge in [-0.1, -0.05) is 23.8 Å². The molecular weight excluding hydrogens is 128 g/mol. The molecule has 0 aliphatic heterocycles. The van der Waals surface area contributed by atoms with Gasteiger partial charge in [0.1, 0.15) is 0 Å². The molecule has 0 aromatic carbocycles. The first-order valence-electron chi connectivity index (χ1n) is 3.28. The zero-order valence-electron chi connectivity index (χ0n) is 5.87. The Labute approximate surface area is 59.9 Å². The van der Waals surface area contributed by atoms with Crippen LogP contribution in [0.3, 0.4) is 0 Å². The lowest BCUT2D eigenvalue weighted by Crippen LogP contribution is -2.13. The average Bonchev–Trinajstić information content (AvgIpc) is 1.88. The van der Waals surface area contributed by atoms with Crippen LogP contribution in [0.4, 0.5) is 0 Å². The summed E-state index contributed by atoms with van der Waals surface area (Å²) in [5.74, 6) is -1.14. The quantitative estimate of drug-likeness (QED) is 0.559. The van der Waals surface area contributed by atoms with Crippen LogP contribution in [0.15, 0.2) is 23.8 Å². The maximum absolute atomic E-state index is 10.5. The van der Waals surface area contributed by atoms with Crippen molar-refractivity contribution in [3.8, 4) is 0 Å². The van der Waals surface area contributed by atoms with Gasteiger partial charge in [0.2, 0.25) is 0 Å². The summed E-state index contributed by atoms with van der Waals surface area (Å²) >= 11 is 0. The molecule has 1 aliphatic carbocycles. The maximum atomic E-state index is 10.5. The summed E-state index contributed by atoms with van der Waals surface area (Å²) in [6.45, 7) is 1.85. The molecule has 0 saturated carbocycles. The van der Waals surface area contributed by atoms with Crippen LogP contribution >= 0.6 is 0 Å². The summed E-state index contributed by atoms with van der Waals surface area (Å²) in [5, 5.41) is 8.62. The third kappa shape index (κ3) is 1.26. The van der Waals surface area contributed by atoms with Gasteiger partial charge in [-0.3, -0.25) is 4.79 Å². The van der Waals surface area contributed by atoms with Crippen LogP contribution in [-0.4, -0.2) is 11.1 Å². The normalized spacial score (nSPS) is 24.1. The molecule has 54 valence electrons. The molecule has 0 bridgehead atoms. The van der Waals surface area contributed by atoms with Gasteiger partial charge in [0.25, 0.3) is 0 Å². The van der Waals surface area contributed by atoms with E-state index in [1.165, 1.54) is 0 Å². The third-order valence-electron chi connectivity index (χ3n) is 1.66. The fourth-order valence-corrected chi connectivity index (χ4v) is 1.02. The molecule has 1 N–H and O–H groups in total. The van der Waals surface area contributed by atoms with Gasteiger partial charge >= 0.3 is 5.97 Å². The Kier molecular flexibility index (Phi) is 1.90. The molecule has 10 heavy (non-hydrogen) atoms. The van der Waals surface area contributed by atoms with Crippen molar-refractivity contribution in [2.45, 2.75) is 13.3 Å². The highest BCUT2D eigenvalue weighted by atomic mass is 16.4. The molecule has 0 aromatic rings. The number of carbonyl (C=O) groups is 1. The van der Waals surface area contributed by atoms with E-state index in [1.807, 2.05) is 19.1 Å². The molecule has 1 aliphatic rings. The Morgan fingerprint density at radius 1 is 1.80 bits per heavy atom. The predicted octanol–water partition coefficient (Wildman–Crippen LogP) is 1.59. The molecule has 0 aromatic heterocycles. The minimum Gasteiger partial charge on any atom is -0.481 e. The van der Waals surface area contributed by atoms with E-state index in [0.29, 0.717) is 0 Å². The highest BCUT2D eigenvalue weighted by Gasteiger charge is 2.16. The summed E-state index contributed by atoms with van der Waals surface area (Å²) in [6.07, 6.45) is 6.43. The fraction of sp³-hybridized carbons (Fsp3) is 0.375. The van der Waals surface area contributed by atoms with E-state index in [1.54, 1.807) is 6.08 Å². The number of carboxylic acid groups (broad SMARTS) is 1. The molecule has 1 unspecified atom stereocenters. The molecule has 1 rings (SSSR count). The van der Waals surface area contributed by atoms with Crippen LogP contribution < -0.4 is 0 Å². The maximum Gasteiger partial charge on any atom is 0.314 e.